The van der Waals surface area contributed by atoms with Gasteiger partial charge in [-0.15, -0.1) is 5.10 Å². The maximum atomic E-state index is 5.57. The van der Waals surface area contributed by atoms with Crippen LogP contribution in [0.15, 0.2) is 41.3 Å². The van der Waals surface area contributed by atoms with Crippen LogP contribution in [0.4, 0.5) is 11.5 Å². The van der Waals surface area contributed by atoms with E-state index in [9.17, 15) is 0 Å². The van der Waals surface area contributed by atoms with Crippen LogP contribution in [0.25, 0.3) is 5.65 Å². The second-order valence-electron chi connectivity index (χ2n) is 4.24. The number of rotatable bonds is 4. The van der Waals surface area contributed by atoms with Gasteiger partial charge < -0.3 is 11.1 Å². The van der Waals surface area contributed by atoms with Gasteiger partial charge in [0.1, 0.15) is 4.60 Å². The molecule has 0 radical (unpaired) electrons. The number of anilines is 2. The summed E-state index contributed by atoms with van der Waals surface area (Å²) in [6.45, 7) is 0.559. The number of fused-ring (bicyclic) bond motifs is 1. The fourth-order valence-electron chi connectivity index (χ4n) is 1.90. The van der Waals surface area contributed by atoms with E-state index in [-0.39, 0.29) is 0 Å². The average molecular weight is 333 g/mol. The Morgan fingerprint density at radius 1 is 1.30 bits per heavy atom. The molecule has 20 heavy (non-hydrogen) atoms. The smallest absolute Gasteiger partial charge is 0.155 e. The van der Waals surface area contributed by atoms with Crippen LogP contribution in [0.2, 0.25) is 0 Å². The van der Waals surface area contributed by atoms with E-state index >= 15 is 0 Å². The molecule has 3 N–H and O–H groups in total. The van der Waals surface area contributed by atoms with Crippen molar-refractivity contribution in [3.05, 3.63) is 47.0 Å². The van der Waals surface area contributed by atoms with E-state index in [2.05, 4.69) is 36.3 Å². The van der Waals surface area contributed by atoms with E-state index in [1.807, 2.05) is 24.3 Å². The Morgan fingerprint density at radius 3 is 2.95 bits per heavy atom. The molecule has 0 fully saturated rings. The number of nitrogens with one attached hydrogen (secondary N) is 1. The Labute approximate surface area is 124 Å². The molecule has 0 spiro atoms. The van der Waals surface area contributed by atoms with Gasteiger partial charge in [-0.3, -0.25) is 4.98 Å². The van der Waals surface area contributed by atoms with Crippen LogP contribution in [-0.4, -0.2) is 26.1 Å². The lowest BCUT2D eigenvalue weighted by Gasteiger charge is -2.05. The molecular formula is C13H13BrN6. The average Bonchev–Trinajstić information content (AvgIpc) is 2.77. The van der Waals surface area contributed by atoms with Crippen molar-refractivity contribution in [1.82, 2.24) is 19.6 Å². The molecule has 102 valence electrons. The molecule has 0 atom stereocenters. The number of hydrogen-bond acceptors (Lipinski definition) is 5. The first-order valence-corrected chi connectivity index (χ1v) is 6.98. The van der Waals surface area contributed by atoms with Crippen molar-refractivity contribution in [3.8, 4) is 0 Å². The summed E-state index contributed by atoms with van der Waals surface area (Å²) in [6, 6.07) is 7.60. The zero-order valence-electron chi connectivity index (χ0n) is 10.6. The minimum absolute atomic E-state index is 0.559. The first kappa shape index (κ1) is 13.0. The van der Waals surface area contributed by atoms with Gasteiger partial charge in [0.2, 0.25) is 0 Å². The Hall–Kier alpha value is -1.99. The topological polar surface area (TPSA) is 81.1 Å². The normalized spacial score (nSPS) is 10.9. The Balaban J connectivity index is 1.96. The molecule has 0 amide bonds. The lowest BCUT2D eigenvalue weighted by Crippen LogP contribution is -2.03. The molecule has 3 aromatic rings. The molecule has 0 aromatic carbocycles. The van der Waals surface area contributed by atoms with Crippen molar-refractivity contribution in [2.45, 2.75) is 6.42 Å². The lowest BCUT2D eigenvalue weighted by atomic mass is 10.3. The third-order valence-electron chi connectivity index (χ3n) is 2.80. The molecular weight excluding hydrogens is 320 g/mol. The van der Waals surface area contributed by atoms with Crippen LogP contribution >= 0.6 is 15.9 Å². The molecule has 3 heterocycles. The number of halogens is 1. The van der Waals surface area contributed by atoms with E-state index in [1.165, 1.54) is 0 Å². The SMILES string of the molecule is NCCc1nc2ccc(Nc3cccnc3)nn2c1Br. The van der Waals surface area contributed by atoms with Gasteiger partial charge in [0.25, 0.3) is 0 Å². The Kier molecular flexibility index (Phi) is 3.62. The van der Waals surface area contributed by atoms with Crippen LogP contribution in [0.5, 0.6) is 0 Å². The highest BCUT2D eigenvalue weighted by atomic mass is 79.9. The number of hydrogen-bond donors (Lipinski definition) is 2. The standard InChI is InChI=1S/C13H13BrN6/c14-13-10(5-6-15)18-12-4-3-11(19-20(12)13)17-9-2-1-7-16-8-9/h1-4,7-8H,5-6,15H2,(H,17,19). The summed E-state index contributed by atoms with van der Waals surface area (Å²) >= 11 is 3.51. The van der Waals surface area contributed by atoms with Gasteiger partial charge in [0.05, 0.1) is 17.6 Å². The largest absolute Gasteiger partial charge is 0.338 e. The first-order chi connectivity index (χ1) is 9.78. The number of nitrogens with zero attached hydrogens (tertiary/aromatic N) is 4. The number of pyridine rings is 1. The lowest BCUT2D eigenvalue weighted by molar-refractivity contribution is 0.894. The fraction of sp³-hybridized carbons (Fsp3) is 0.154. The summed E-state index contributed by atoms with van der Waals surface area (Å²) in [4.78, 5) is 8.54. The highest BCUT2D eigenvalue weighted by molar-refractivity contribution is 9.10. The minimum atomic E-state index is 0.559. The molecule has 0 saturated heterocycles. The van der Waals surface area contributed by atoms with Crippen molar-refractivity contribution < 1.29 is 0 Å². The van der Waals surface area contributed by atoms with Crippen LogP contribution in [-0.2, 0) is 6.42 Å². The van der Waals surface area contributed by atoms with Crippen molar-refractivity contribution in [2.24, 2.45) is 5.73 Å². The van der Waals surface area contributed by atoms with Gasteiger partial charge in [-0.05, 0) is 46.7 Å². The monoisotopic (exact) mass is 332 g/mol. The second-order valence-corrected chi connectivity index (χ2v) is 4.99. The van der Waals surface area contributed by atoms with Gasteiger partial charge >= 0.3 is 0 Å². The second kappa shape index (κ2) is 5.56. The van der Waals surface area contributed by atoms with Crippen molar-refractivity contribution in [3.63, 3.8) is 0 Å². The summed E-state index contributed by atoms with van der Waals surface area (Å²) < 4.78 is 2.59. The van der Waals surface area contributed by atoms with Crippen molar-refractivity contribution in [1.29, 1.82) is 0 Å². The molecule has 3 aromatic heterocycles. The maximum absolute atomic E-state index is 5.57. The zero-order chi connectivity index (χ0) is 13.9. The maximum Gasteiger partial charge on any atom is 0.155 e. The van der Waals surface area contributed by atoms with Crippen molar-refractivity contribution >= 4 is 33.1 Å². The summed E-state index contributed by atoms with van der Waals surface area (Å²) in [5, 5.41) is 7.70. The van der Waals surface area contributed by atoms with E-state index < -0.39 is 0 Å². The molecule has 0 aliphatic heterocycles. The van der Waals surface area contributed by atoms with E-state index in [4.69, 9.17) is 5.73 Å². The number of aromatic nitrogens is 4. The van der Waals surface area contributed by atoms with E-state index in [0.717, 1.165) is 33.9 Å². The Bertz CT molecular complexity index is 724. The first-order valence-electron chi connectivity index (χ1n) is 6.19. The summed E-state index contributed by atoms with van der Waals surface area (Å²) in [7, 11) is 0. The van der Waals surface area contributed by atoms with Crippen molar-refractivity contribution in [2.75, 3.05) is 11.9 Å². The van der Waals surface area contributed by atoms with Crippen LogP contribution in [0, 0.1) is 0 Å². The van der Waals surface area contributed by atoms with Crippen LogP contribution in [0.1, 0.15) is 5.69 Å². The quantitative estimate of drug-likeness (QED) is 0.764. The Morgan fingerprint density at radius 2 is 2.20 bits per heavy atom. The van der Waals surface area contributed by atoms with E-state index in [0.29, 0.717) is 6.54 Å². The van der Waals surface area contributed by atoms with Crippen LogP contribution < -0.4 is 11.1 Å². The van der Waals surface area contributed by atoms with Gasteiger partial charge in [-0.2, -0.15) is 0 Å². The van der Waals surface area contributed by atoms with E-state index in [1.54, 1.807) is 16.9 Å². The molecule has 0 aliphatic carbocycles. The third-order valence-corrected chi connectivity index (χ3v) is 3.60. The molecule has 7 heteroatoms. The minimum Gasteiger partial charge on any atom is -0.338 e. The molecule has 0 aliphatic rings. The summed E-state index contributed by atoms with van der Waals surface area (Å²) in [6.07, 6.45) is 4.19. The zero-order valence-corrected chi connectivity index (χ0v) is 12.2. The molecule has 6 nitrogen and oxygen atoms in total. The molecule has 0 bridgehead atoms. The molecule has 0 unspecified atom stereocenters. The van der Waals surface area contributed by atoms with Gasteiger partial charge in [-0.25, -0.2) is 9.50 Å². The third kappa shape index (κ3) is 2.50. The summed E-state index contributed by atoms with van der Waals surface area (Å²) in [5.41, 5.74) is 8.16. The predicted molar refractivity (Wildman–Crippen MR) is 81.0 cm³/mol. The summed E-state index contributed by atoms with van der Waals surface area (Å²) in [5.74, 6) is 0.725. The number of nitrogens with two attached hydrogens (primary N) is 1. The van der Waals surface area contributed by atoms with Gasteiger partial charge in [-0.1, -0.05) is 0 Å². The molecule has 3 rings (SSSR count). The van der Waals surface area contributed by atoms with Crippen LogP contribution in [0.3, 0.4) is 0 Å². The highest BCUT2D eigenvalue weighted by Gasteiger charge is 2.10. The highest BCUT2D eigenvalue weighted by Crippen LogP contribution is 2.20. The fourth-order valence-corrected chi connectivity index (χ4v) is 2.45. The van der Waals surface area contributed by atoms with Gasteiger partial charge in [0.15, 0.2) is 11.5 Å². The van der Waals surface area contributed by atoms with Gasteiger partial charge in [0, 0.05) is 12.6 Å². The molecule has 0 saturated carbocycles. The predicted octanol–water partition coefficient (Wildman–Crippen LogP) is 2.13. The number of imidazole rings is 1.